The second-order valence-electron chi connectivity index (χ2n) is 22.3. The van der Waals surface area contributed by atoms with Crippen molar-refractivity contribution in [3.05, 3.63) is 46.4 Å². The van der Waals surface area contributed by atoms with E-state index in [9.17, 15) is 14.4 Å². The average Bonchev–Trinajstić information content (AvgIpc) is 4.11. The van der Waals surface area contributed by atoms with Crippen LogP contribution in [0, 0.1) is 36.0 Å². The molecule has 3 aliphatic heterocycles. The van der Waals surface area contributed by atoms with Crippen LogP contribution >= 0.6 is 0 Å². The van der Waals surface area contributed by atoms with Crippen LogP contribution in [-0.2, 0) is 9.59 Å². The molecule has 5 aliphatic carbocycles. The first-order valence-electron chi connectivity index (χ1n) is 26.6. The van der Waals surface area contributed by atoms with Gasteiger partial charge in [-0.2, -0.15) is 4.98 Å². The zero-order chi connectivity index (χ0) is 45.2. The van der Waals surface area contributed by atoms with Crippen molar-refractivity contribution in [2.75, 3.05) is 56.6 Å². The highest BCUT2D eigenvalue weighted by atomic mass is 16.5. The molecule has 5 heterocycles. The molecule has 12 heteroatoms. The Morgan fingerprint density at radius 1 is 0.773 bits per heavy atom. The molecule has 3 saturated heterocycles. The molecule has 3 aromatic rings. The normalized spacial score (nSPS) is 28.0. The number of methoxy groups -OCH3 is 1. The minimum atomic E-state index is -0.0397. The lowest BCUT2D eigenvalue weighted by molar-refractivity contribution is -0.137. The lowest BCUT2D eigenvalue weighted by Crippen LogP contribution is -2.48. The predicted molar refractivity (Wildman–Crippen MR) is 263 cm³/mol. The predicted octanol–water partition coefficient (Wildman–Crippen LogP) is 9.70. The molecule has 0 spiro atoms. The lowest BCUT2D eigenvalue weighted by Gasteiger charge is -2.56. The number of anilines is 3. The van der Waals surface area contributed by atoms with E-state index in [1.807, 2.05) is 23.8 Å². The topological polar surface area (TPSA) is 125 Å². The number of ether oxygens (including phenoxy) is 1. The van der Waals surface area contributed by atoms with Gasteiger partial charge in [0.05, 0.1) is 12.8 Å². The maximum atomic E-state index is 13.7. The summed E-state index contributed by atoms with van der Waals surface area (Å²) in [7, 11) is 1.70. The second kappa shape index (κ2) is 20.2. The van der Waals surface area contributed by atoms with Crippen molar-refractivity contribution in [2.45, 2.75) is 173 Å². The van der Waals surface area contributed by atoms with Gasteiger partial charge in [0.25, 0.3) is 5.56 Å². The van der Waals surface area contributed by atoms with Crippen LogP contribution in [0.1, 0.15) is 159 Å². The Morgan fingerprint density at radius 3 is 2.05 bits per heavy atom. The average molecular weight is 903 g/mol. The van der Waals surface area contributed by atoms with Gasteiger partial charge in [0, 0.05) is 92.6 Å². The van der Waals surface area contributed by atoms with Gasteiger partial charge in [0.1, 0.15) is 11.4 Å². The molecule has 6 bridgehead atoms. The van der Waals surface area contributed by atoms with E-state index in [2.05, 4.69) is 37.5 Å². The van der Waals surface area contributed by atoms with Crippen LogP contribution in [0.15, 0.2) is 35.3 Å². The number of carbonyl (C=O) groups is 2. The molecule has 0 radical (unpaired) electrons. The first kappa shape index (κ1) is 45.6. The third-order valence-electron chi connectivity index (χ3n) is 17.3. The minimum absolute atomic E-state index is 0.00606. The van der Waals surface area contributed by atoms with Crippen LogP contribution < -0.4 is 25.8 Å². The van der Waals surface area contributed by atoms with E-state index < -0.39 is 0 Å². The number of fused-ring (bicyclic) bond motifs is 3. The summed E-state index contributed by atoms with van der Waals surface area (Å²) >= 11 is 0. The van der Waals surface area contributed by atoms with Gasteiger partial charge in [-0.25, -0.2) is 4.98 Å². The van der Waals surface area contributed by atoms with Gasteiger partial charge in [0.15, 0.2) is 0 Å². The van der Waals surface area contributed by atoms with Gasteiger partial charge in [-0.3, -0.25) is 23.9 Å². The van der Waals surface area contributed by atoms with E-state index in [1.54, 1.807) is 13.2 Å². The van der Waals surface area contributed by atoms with Crippen molar-refractivity contribution in [1.82, 2.24) is 29.7 Å². The number of nitrogens with zero attached hydrogens (tertiary/aromatic N) is 6. The standard InChI is InChI=1S/C54H78N8O4/c1-37-25-50(64)62(45-29-43-15-16-44(30-45)61(43)52(65)41-13-14-41)51-46(37)36-56-53(58-51)57-47-18-17-42(31-48(47)66-2)60-23-21-59(22-24-60)20-12-10-8-6-4-3-5-7-9-11-19-55-49(63)35-54-32-38-26-39(33-54)28-40(27-38)34-54/h17-18,25,31,36,38-41,43-45H,3-16,19-24,26-30,32-35H2,1-2H3,(H,55,63)(H,56,57,58). The van der Waals surface area contributed by atoms with Crippen LogP contribution in [0.5, 0.6) is 5.75 Å². The molecule has 2 amide bonds. The maximum absolute atomic E-state index is 13.7. The van der Waals surface area contributed by atoms with Crippen molar-refractivity contribution in [3.8, 4) is 5.75 Å². The summed E-state index contributed by atoms with van der Waals surface area (Å²) in [5.74, 6) is 4.80. The molecule has 1 aromatic carbocycles. The van der Waals surface area contributed by atoms with Gasteiger partial charge in [-0.15, -0.1) is 0 Å². The molecule has 2 atom stereocenters. The smallest absolute Gasteiger partial charge is 0.252 e. The van der Waals surface area contributed by atoms with Gasteiger partial charge in [-0.1, -0.05) is 51.4 Å². The summed E-state index contributed by atoms with van der Waals surface area (Å²) in [5.41, 5.74) is 3.76. The monoisotopic (exact) mass is 903 g/mol. The number of pyridine rings is 1. The largest absolute Gasteiger partial charge is 0.494 e. The SMILES string of the molecule is COc1cc(N2CCN(CCCCCCCCCCCCNC(=O)CC34CC5CC(CC(C5)C3)C4)CC2)ccc1Nc1ncc2c(C)cc(=O)n(C3CC4CCC(C3)N4C(=O)C3CC3)c2n1. The Hall–Kier alpha value is -4.19. The van der Waals surface area contributed by atoms with Crippen molar-refractivity contribution in [1.29, 1.82) is 0 Å². The zero-order valence-corrected chi connectivity index (χ0v) is 40.3. The molecular weight excluding hydrogens is 825 g/mol. The van der Waals surface area contributed by atoms with Gasteiger partial charge in [0.2, 0.25) is 17.8 Å². The molecule has 11 rings (SSSR count). The van der Waals surface area contributed by atoms with Crippen LogP contribution in [0.4, 0.5) is 17.3 Å². The van der Waals surface area contributed by atoms with Crippen molar-refractivity contribution in [3.63, 3.8) is 0 Å². The summed E-state index contributed by atoms with van der Waals surface area (Å²) in [5, 5.41) is 7.58. The maximum Gasteiger partial charge on any atom is 0.252 e. The Balaban J connectivity index is 0.613. The number of hydrogen-bond donors (Lipinski definition) is 2. The van der Waals surface area contributed by atoms with Gasteiger partial charge < -0.3 is 25.2 Å². The molecule has 8 fully saturated rings. The third kappa shape index (κ3) is 10.3. The molecule has 66 heavy (non-hydrogen) atoms. The van der Waals surface area contributed by atoms with Gasteiger partial charge >= 0.3 is 0 Å². The number of benzene rings is 1. The number of aryl methyl sites for hydroxylation is 1. The van der Waals surface area contributed by atoms with E-state index in [4.69, 9.17) is 14.7 Å². The zero-order valence-electron chi connectivity index (χ0n) is 40.3. The summed E-state index contributed by atoms with van der Waals surface area (Å²) in [6.07, 6.45) is 29.5. The van der Waals surface area contributed by atoms with E-state index in [1.165, 1.54) is 103 Å². The minimum Gasteiger partial charge on any atom is -0.494 e. The van der Waals surface area contributed by atoms with Gasteiger partial charge in [-0.05, 0) is 144 Å². The third-order valence-corrected chi connectivity index (χ3v) is 17.3. The quantitative estimate of drug-likeness (QED) is 0.101. The number of amides is 2. The van der Waals surface area contributed by atoms with Crippen LogP contribution in [-0.4, -0.2) is 94.6 Å². The first-order valence-corrected chi connectivity index (χ1v) is 26.6. The fraction of sp³-hybridized carbons (Fsp3) is 0.722. The number of piperazine rings is 1. The lowest BCUT2D eigenvalue weighted by atomic mass is 9.49. The van der Waals surface area contributed by atoms with E-state index in [0.717, 1.165) is 130 Å². The molecule has 8 aliphatic rings. The van der Waals surface area contributed by atoms with E-state index in [-0.39, 0.29) is 29.6 Å². The Labute approximate surface area is 393 Å². The number of rotatable bonds is 21. The van der Waals surface area contributed by atoms with Crippen LogP contribution in [0.25, 0.3) is 11.0 Å². The number of nitrogens with one attached hydrogen (secondary N) is 2. The molecule has 2 unspecified atom stereocenters. The molecule has 358 valence electrons. The number of piperidine rings is 1. The summed E-state index contributed by atoms with van der Waals surface area (Å²) in [4.78, 5) is 56.6. The number of unbranched alkanes of at least 4 members (excludes halogenated alkanes) is 9. The molecule has 5 saturated carbocycles. The second-order valence-corrected chi connectivity index (χ2v) is 22.3. The molecule has 12 nitrogen and oxygen atoms in total. The van der Waals surface area contributed by atoms with Crippen LogP contribution in [0.3, 0.4) is 0 Å². The first-order chi connectivity index (χ1) is 32.2. The Bertz CT molecular complexity index is 2200. The van der Waals surface area contributed by atoms with Crippen molar-refractivity contribution in [2.24, 2.45) is 29.1 Å². The number of hydrogen-bond acceptors (Lipinski definition) is 9. The number of aromatic nitrogens is 3. The highest BCUT2D eigenvalue weighted by Crippen LogP contribution is 2.61. The Morgan fingerprint density at radius 2 is 1.41 bits per heavy atom. The van der Waals surface area contributed by atoms with Crippen LogP contribution in [0.2, 0.25) is 0 Å². The summed E-state index contributed by atoms with van der Waals surface area (Å²) in [6.45, 7) is 8.11. The molecule has 2 N–H and O–H groups in total. The Kier molecular flexibility index (Phi) is 13.9. The van der Waals surface area contributed by atoms with E-state index in [0.29, 0.717) is 28.8 Å². The van der Waals surface area contributed by atoms with Crippen molar-refractivity contribution < 1.29 is 14.3 Å². The highest BCUT2D eigenvalue weighted by molar-refractivity contribution is 5.82. The summed E-state index contributed by atoms with van der Waals surface area (Å²) in [6, 6.07) is 8.40. The molecular formula is C54H78N8O4. The molecule has 2 aromatic heterocycles. The number of carbonyl (C=O) groups excluding carboxylic acids is 2. The highest BCUT2D eigenvalue weighted by Gasteiger charge is 2.51. The fourth-order valence-electron chi connectivity index (χ4n) is 14.3. The van der Waals surface area contributed by atoms with Crippen molar-refractivity contribution >= 4 is 40.2 Å². The van der Waals surface area contributed by atoms with E-state index >= 15 is 0 Å². The summed E-state index contributed by atoms with van der Waals surface area (Å²) < 4.78 is 7.79. The fourth-order valence-corrected chi connectivity index (χ4v) is 14.3.